The summed E-state index contributed by atoms with van der Waals surface area (Å²) in [6.07, 6.45) is 5.64. The second-order valence-electron chi connectivity index (χ2n) is 3.01. The van der Waals surface area contributed by atoms with Crippen LogP contribution in [-0.4, -0.2) is 9.78 Å². The monoisotopic (exact) mass is 230 g/mol. The normalized spacial score (nSPS) is 10.6. The van der Waals surface area contributed by atoms with Crippen LogP contribution in [0.5, 0.6) is 0 Å². The number of aromatic nitrogens is 2. The lowest BCUT2D eigenvalue weighted by Crippen LogP contribution is -2.01. The third-order valence-electron chi connectivity index (χ3n) is 2.02. The number of hydrogen-bond acceptors (Lipinski definition) is 1. The maximum absolute atomic E-state index is 4.26. The molecule has 0 atom stereocenters. The summed E-state index contributed by atoms with van der Waals surface area (Å²) in [7, 11) is 0. The van der Waals surface area contributed by atoms with E-state index in [0.717, 1.165) is 11.0 Å². The van der Waals surface area contributed by atoms with Gasteiger partial charge in [-0.1, -0.05) is 19.8 Å². The van der Waals surface area contributed by atoms with Gasteiger partial charge in [0.1, 0.15) is 0 Å². The Morgan fingerprint density at radius 1 is 1.50 bits per heavy atom. The van der Waals surface area contributed by atoms with Crippen molar-refractivity contribution in [2.45, 2.75) is 39.7 Å². The van der Waals surface area contributed by atoms with E-state index in [1.54, 1.807) is 0 Å². The molecule has 0 N–H and O–H groups in total. The Kier molecular flexibility index (Phi) is 3.79. The highest BCUT2D eigenvalue weighted by Gasteiger charge is 2.01. The summed E-state index contributed by atoms with van der Waals surface area (Å²) < 4.78 is 3.17. The molecule has 12 heavy (non-hydrogen) atoms. The first kappa shape index (κ1) is 9.78. The first-order chi connectivity index (χ1) is 5.75. The van der Waals surface area contributed by atoms with Gasteiger partial charge in [0.25, 0.3) is 0 Å². The SMILES string of the molecule is CCCCCn1ncc(Br)c1C. The van der Waals surface area contributed by atoms with Gasteiger partial charge in [-0.05, 0) is 29.3 Å². The molecule has 0 aliphatic carbocycles. The van der Waals surface area contributed by atoms with Crippen molar-refractivity contribution >= 4 is 15.9 Å². The van der Waals surface area contributed by atoms with E-state index >= 15 is 0 Å². The van der Waals surface area contributed by atoms with Crippen LogP contribution in [0, 0.1) is 6.92 Å². The third kappa shape index (κ3) is 2.34. The molecule has 1 aromatic heterocycles. The molecule has 0 aliphatic heterocycles. The van der Waals surface area contributed by atoms with Crippen molar-refractivity contribution in [2.24, 2.45) is 0 Å². The summed E-state index contributed by atoms with van der Waals surface area (Å²) in [6, 6.07) is 0. The maximum atomic E-state index is 4.26. The molecule has 0 aromatic carbocycles. The van der Waals surface area contributed by atoms with Gasteiger partial charge < -0.3 is 0 Å². The Hall–Kier alpha value is -0.310. The van der Waals surface area contributed by atoms with Gasteiger partial charge in [0.2, 0.25) is 0 Å². The van der Waals surface area contributed by atoms with Crippen LogP contribution in [0.15, 0.2) is 10.7 Å². The van der Waals surface area contributed by atoms with E-state index in [-0.39, 0.29) is 0 Å². The highest BCUT2D eigenvalue weighted by molar-refractivity contribution is 9.10. The summed E-state index contributed by atoms with van der Waals surface area (Å²) in [5.74, 6) is 0. The van der Waals surface area contributed by atoms with E-state index in [4.69, 9.17) is 0 Å². The summed E-state index contributed by atoms with van der Waals surface area (Å²) in [5, 5.41) is 4.26. The Labute approximate surface area is 82.1 Å². The van der Waals surface area contributed by atoms with Crippen LogP contribution in [0.2, 0.25) is 0 Å². The van der Waals surface area contributed by atoms with Crippen LogP contribution in [0.25, 0.3) is 0 Å². The van der Waals surface area contributed by atoms with Crippen LogP contribution >= 0.6 is 15.9 Å². The van der Waals surface area contributed by atoms with Crippen LogP contribution in [0.3, 0.4) is 0 Å². The largest absolute Gasteiger partial charge is 0.269 e. The Balaban J connectivity index is 2.46. The minimum atomic E-state index is 1.05. The van der Waals surface area contributed by atoms with E-state index in [9.17, 15) is 0 Å². The summed E-state index contributed by atoms with van der Waals surface area (Å²) in [4.78, 5) is 0. The smallest absolute Gasteiger partial charge is 0.0635 e. The van der Waals surface area contributed by atoms with Gasteiger partial charge in [-0.3, -0.25) is 4.68 Å². The van der Waals surface area contributed by atoms with E-state index < -0.39 is 0 Å². The first-order valence-electron chi connectivity index (χ1n) is 4.43. The molecule has 1 rings (SSSR count). The number of rotatable bonds is 4. The highest BCUT2D eigenvalue weighted by Crippen LogP contribution is 2.14. The number of aryl methyl sites for hydroxylation is 1. The lowest BCUT2D eigenvalue weighted by atomic mass is 10.2. The highest BCUT2D eigenvalue weighted by atomic mass is 79.9. The molecule has 0 saturated heterocycles. The Morgan fingerprint density at radius 2 is 2.25 bits per heavy atom. The zero-order chi connectivity index (χ0) is 8.97. The van der Waals surface area contributed by atoms with Crippen molar-refractivity contribution < 1.29 is 0 Å². The molecular formula is C9H15BrN2. The lowest BCUT2D eigenvalue weighted by Gasteiger charge is -2.02. The van der Waals surface area contributed by atoms with Crippen molar-refractivity contribution in [3.05, 3.63) is 16.4 Å². The minimum Gasteiger partial charge on any atom is -0.269 e. The molecule has 0 fully saturated rings. The summed E-state index contributed by atoms with van der Waals surface area (Å²) in [5.41, 5.74) is 1.23. The topological polar surface area (TPSA) is 17.8 Å². The fraction of sp³-hybridized carbons (Fsp3) is 0.667. The molecule has 3 heteroatoms. The standard InChI is InChI=1S/C9H15BrN2/c1-3-4-5-6-12-8(2)9(10)7-11-12/h7H,3-6H2,1-2H3. The van der Waals surface area contributed by atoms with E-state index in [1.165, 1.54) is 25.0 Å². The molecule has 0 amide bonds. The fourth-order valence-electron chi connectivity index (χ4n) is 1.16. The number of unbranched alkanes of at least 4 members (excludes halogenated alkanes) is 2. The predicted molar refractivity (Wildman–Crippen MR) is 54.2 cm³/mol. The molecule has 0 saturated carbocycles. The summed E-state index contributed by atoms with van der Waals surface area (Å²) >= 11 is 3.44. The Bertz CT molecular complexity index is 243. The van der Waals surface area contributed by atoms with E-state index in [2.05, 4.69) is 39.6 Å². The molecule has 0 spiro atoms. The van der Waals surface area contributed by atoms with Gasteiger partial charge in [-0.15, -0.1) is 0 Å². The zero-order valence-corrected chi connectivity index (χ0v) is 9.26. The molecule has 0 radical (unpaired) electrons. The van der Waals surface area contributed by atoms with Gasteiger partial charge in [0.05, 0.1) is 10.7 Å². The van der Waals surface area contributed by atoms with Gasteiger partial charge in [-0.2, -0.15) is 5.10 Å². The van der Waals surface area contributed by atoms with Crippen molar-refractivity contribution in [3.63, 3.8) is 0 Å². The number of halogens is 1. The van der Waals surface area contributed by atoms with Crippen molar-refractivity contribution in [3.8, 4) is 0 Å². The average molecular weight is 231 g/mol. The first-order valence-corrected chi connectivity index (χ1v) is 5.23. The van der Waals surface area contributed by atoms with Crippen molar-refractivity contribution in [2.75, 3.05) is 0 Å². The number of nitrogens with zero attached hydrogens (tertiary/aromatic N) is 2. The predicted octanol–water partition coefficient (Wildman–Crippen LogP) is 3.14. The summed E-state index contributed by atoms with van der Waals surface area (Å²) in [6.45, 7) is 5.35. The van der Waals surface area contributed by atoms with Crippen LogP contribution in [-0.2, 0) is 6.54 Å². The molecule has 1 aromatic rings. The Morgan fingerprint density at radius 3 is 2.75 bits per heavy atom. The quantitative estimate of drug-likeness (QED) is 0.728. The van der Waals surface area contributed by atoms with E-state index in [1.807, 2.05) is 6.20 Å². The van der Waals surface area contributed by atoms with Gasteiger partial charge in [0, 0.05) is 12.2 Å². The van der Waals surface area contributed by atoms with Crippen LogP contribution in [0.1, 0.15) is 31.9 Å². The second kappa shape index (κ2) is 4.65. The molecule has 68 valence electrons. The van der Waals surface area contributed by atoms with E-state index in [0.29, 0.717) is 0 Å². The van der Waals surface area contributed by atoms with Gasteiger partial charge in [-0.25, -0.2) is 0 Å². The number of hydrogen-bond donors (Lipinski definition) is 0. The van der Waals surface area contributed by atoms with Crippen LogP contribution < -0.4 is 0 Å². The lowest BCUT2D eigenvalue weighted by molar-refractivity contribution is 0.542. The zero-order valence-electron chi connectivity index (χ0n) is 7.68. The molecule has 0 unspecified atom stereocenters. The minimum absolute atomic E-state index is 1.05. The second-order valence-corrected chi connectivity index (χ2v) is 3.86. The van der Waals surface area contributed by atoms with Gasteiger partial charge >= 0.3 is 0 Å². The van der Waals surface area contributed by atoms with Crippen molar-refractivity contribution in [1.82, 2.24) is 9.78 Å². The van der Waals surface area contributed by atoms with Crippen molar-refractivity contribution in [1.29, 1.82) is 0 Å². The molecular weight excluding hydrogens is 216 g/mol. The molecule has 2 nitrogen and oxygen atoms in total. The maximum Gasteiger partial charge on any atom is 0.0635 e. The van der Waals surface area contributed by atoms with Crippen LogP contribution in [0.4, 0.5) is 0 Å². The molecule has 0 bridgehead atoms. The van der Waals surface area contributed by atoms with Gasteiger partial charge in [0.15, 0.2) is 0 Å². The molecule has 0 aliphatic rings. The fourth-order valence-corrected chi connectivity index (χ4v) is 1.46. The third-order valence-corrected chi connectivity index (χ3v) is 2.80. The molecule has 1 heterocycles. The average Bonchev–Trinajstić information content (AvgIpc) is 2.36.